The lowest BCUT2D eigenvalue weighted by molar-refractivity contribution is -0.138. The van der Waals surface area contributed by atoms with Crippen LogP contribution in [0.25, 0.3) is 0 Å². The number of piperidine rings is 1. The van der Waals surface area contributed by atoms with Crippen LogP contribution in [0.5, 0.6) is 0 Å². The average molecular weight is 291 g/mol. The van der Waals surface area contributed by atoms with Gasteiger partial charge in [-0.05, 0) is 37.3 Å². The van der Waals surface area contributed by atoms with Gasteiger partial charge in [-0.1, -0.05) is 0 Å². The summed E-state index contributed by atoms with van der Waals surface area (Å²) in [5.41, 5.74) is 6.88. The second-order valence-electron chi connectivity index (χ2n) is 5.52. The van der Waals surface area contributed by atoms with E-state index >= 15 is 0 Å². The number of amides is 1. The fourth-order valence-electron chi connectivity index (χ4n) is 2.61. The molecule has 0 radical (unpaired) electrons. The first-order valence-electron chi connectivity index (χ1n) is 7.24. The number of hydrogen-bond acceptors (Lipinski definition) is 4. The Morgan fingerprint density at radius 1 is 1.33 bits per heavy atom. The van der Waals surface area contributed by atoms with Crippen LogP contribution in [0.3, 0.4) is 0 Å². The van der Waals surface area contributed by atoms with Gasteiger partial charge in [-0.3, -0.25) is 14.6 Å². The molecule has 1 amide bonds. The van der Waals surface area contributed by atoms with Crippen LogP contribution in [0.15, 0.2) is 18.3 Å². The minimum absolute atomic E-state index is 0.0731. The van der Waals surface area contributed by atoms with Crippen LogP contribution in [-0.4, -0.2) is 40.0 Å². The molecule has 114 valence electrons. The molecule has 3 N–H and O–H groups in total. The molecule has 0 unspecified atom stereocenters. The molecule has 6 nitrogen and oxygen atoms in total. The summed E-state index contributed by atoms with van der Waals surface area (Å²) >= 11 is 0. The molecule has 21 heavy (non-hydrogen) atoms. The first kappa shape index (κ1) is 15.3. The predicted molar refractivity (Wildman–Crippen MR) is 78.5 cm³/mol. The Morgan fingerprint density at radius 3 is 2.62 bits per heavy atom. The van der Waals surface area contributed by atoms with E-state index < -0.39 is 5.97 Å². The molecule has 6 heteroatoms. The summed E-state index contributed by atoms with van der Waals surface area (Å²) in [4.78, 5) is 28.7. The van der Waals surface area contributed by atoms with E-state index in [-0.39, 0.29) is 12.3 Å². The summed E-state index contributed by atoms with van der Waals surface area (Å²) in [6.07, 6.45) is 4.54. The summed E-state index contributed by atoms with van der Waals surface area (Å²) in [7, 11) is 0. The van der Waals surface area contributed by atoms with Gasteiger partial charge in [0.1, 0.15) is 0 Å². The van der Waals surface area contributed by atoms with Crippen LogP contribution in [-0.2, 0) is 16.0 Å². The zero-order chi connectivity index (χ0) is 15.2. The van der Waals surface area contributed by atoms with Crippen LogP contribution in [0.2, 0.25) is 0 Å². The maximum atomic E-state index is 12.2. The van der Waals surface area contributed by atoms with Crippen LogP contribution >= 0.6 is 0 Å². The largest absolute Gasteiger partial charge is 0.481 e. The SMILES string of the molecule is Nc1ccc(CC(=O)N2CCC(CCC(=O)O)CC2)nc1. The Bertz CT molecular complexity index is 493. The van der Waals surface area contributed by atoms with Crippen molar-refractivity contribution in [3.63, 3.8) is 0 Å². The molecular weight excluding hydrogens is 270 g/mol. The third-order valence-corrected chi connectivity index (χ3v) is 3.91. The number of carboxylic acids is 1. The minimum Gasteiger partial charge on any atom is -0.481 e. The van der Waals surface area contributed by atoms with E-state index in [0.29, 0.717) is 37.5 Å². The Labute approximate surface area is 124 Å². The zero-order valence-electron chi connectivity index (χ0n) is 12.0. The molecule has 0 saturated carbocycles. The van der Waals surface area contributed by atoms with E-state index in [1.165, 1.54) is 0 Å². The number of rotatable bonds is 5. The molecule has 2 heterocycles. The summed E-state index contributed by atoms with van der Waals surface area (Å²) in [6, 6.07) is 3.51. The third kappa shape index (κ3) is 4.73. The van der Waals surface area contributed by atoms with Crippen molar-refractivity contribution in [2.24, 2.45) is 5.92 Å². The topological polar surface area (TPSA) is 96.5 Å². The first-order valence-corrected chi connectivity index (χ1v) is 7.24. The van der Waals surface area contributed by atoms with E-state index in [1.54, 1.807) is 18.3 Å². The Morgan fingerprint density at radius 2 is 2.05 bits per heavy atom. The van der Waals surface area contributed by atoms with Gasteiger partial charge < -0.3 is 15.7 Å². The lowest BCUT2D eigenvalue weighted by Gasteiger charge is -2.31. The lowest BCUT2D eigenvalue weighted by Crippen LogP contribution is -2.39. The molecule has 1 aliphatic heterocycles. The number of likely N-dealkylation sites (tertiary alicyclic amines) is 1. The highest BCUT2D eigenvalue weighted by atomic mass is 16.4. The van der Waals surface area contributed by atoms with Crippen molar-refractivity contribution in [3.05, 3.63) is 24.0 Å². The summed E-state index contributed by atoms with van der Waals surface area (Å²) < 4.78 is 0. The van der Waals surface area contributed by atoms with E-state index in [1.807, 2.05) is 4.90 Å². The minimum atomic E-state index is -0.747. The lowest BCUT2D eigenvalue weighted by atomic mass is 9.92. The van der Waals surface area contributed by atoms with Crippen LogP contribution in [0.4, 0.5) is 5.69 Å². The standard InChI is InChI=1S/C15H21N3O3/c16-12-2-3-13(17-10-12)9-14(19)18-7-5-11(6-8-18)1-4-15(20)21/h2-3,10-11H,1,4-9,16H2,(H,20,21). The van der Waals surface area contributed by atoms with Crippen molar-refractivity contribution in [3.8, 4) is 0 Å². The highest BCUT2D eigenvalue weighted by Crippen LogP contribution is 2.22. The van der Waals surface area contributed by atoms with Crippen LogP contribution in [0, 0.1) is 5.92 Å². The number of hydrogen-bond donors (Lipinski definition) is 2. The highest BCUT2D eigenvalue weighted by Gasteiger charge is 2.23. The van der Waals surface area contributed by atoms with Gasteiger partial charge in [-0.2, -0.15) is 0 Å². The Hall–Kier alpha value is -2.11. The molecular formula is C15H21N3O3. The first-order chi connectivity index (χ1) is 10.0. The van der Waals surface area contributed by atoms with Gasteiger partial charge in [0.2, 0.25) is 5.91 Å². The number of carbonyl (C=O) groups excluding carboxylic acids is 1. The van der Waals surface area contributed by atoms with Gasteiger partial charge in [0.15, 0.2) is 0 Å². The number of carbonyl (C=O) groups is 2. The molecule has 1 aromatic heterocycles. The number of aromatic nitrogens is 1. The second kappa shape index (κ2) is 7.06. The molecule has 0 atom stereocenters. The fraction of sp³-hybridized carbons (Fsp3) is 0.533. The number of nitrogens with zero attached hydrogens (tertiary/aromatic N) is 2. The molecule has 1 saturated heterocycles. The average Bonchev–Trinajstić information content (AvgIpc) is 2.48. The normalized spacial score (nSPS) is 15.9. The Kier molecular flexibility index (Phi) is 5.14. The van der Waals surface area contributed by atoms with E-state index in [0.717, 1.165) is 18.5 Å². The van der Waals surface area contributed by atoms with E-state index in [4.69, 9.17) is 10.8 Å². The van der Waals surface area contributed by atoms with Crippen molar-refractivity contribution < 1.29 is 14.7 Å². The van der Waals surface area contributed by atoms with Crippen LogP contribution in [0.1, 0.15) is 31.4 Å². The van der Waals surface area contributed by atoms with Gasteiger partial charge in [-0.15, -0.1) is 0 Å². The highest BCUT2D eigenvalue weighted by molar-refractivity contribution is 5.78. The second-order valence-corrected chi connectivity index (χ2v) is 5.52. The molecule has 1 fully saturated rings. The number of pyridine rings is 1. The van der Waals surface area contributed by atoms with Gasteiger partial charge in [-0.25, -0.2) is 0 Å². The number of carboxylic acid groups (broad SMARTS) is 1. The molecule has 0 bridgehead atoms. The molecule has 0 aliphatic carbocycles. The van der Waals surface area contributed by atoms with Gasteiger partial charge in [0.05, 0.1) is 18.3 Å². The van der Waals surface area contributed by atoms with Gasteiger partial charge >= 0.3 is 5.97 Å². The number of nitrogen functional groups attached to an aromatic ring is 1. The molecule has 2 rings (SSSR count). The monoisotopic (exact) mass is 291 g/mol. The van der Waals surface area contributed by atoms with Crippen molar-refractivity contribution in [2.45, 2.75) is 32.1 Å². The molecule has 0 aromatic carbocycles. The van der Waals surface area contributed by atoms with E-state index in [2.05, 4.69) is 4.98 Å². The van der Waals surface area contributed by atoms with Crippen molar-refractivity contribution in [1.29, 1.82) is 0 Å². The number of aliphatic carboxylic acids is 1. The maximum Gasteiger partial charge on any atom is 0.303 e. The van der Waals surface area contributed by atoms with Crippen molar-refractivity contribution >= 4 is 17.6 Å². The summed E-state index contributed by atoms with van der Waals surface area (Å²) in [5.74, 6) is -0.258. The zero-order valence-corrected chi connectivity index (χ0v) is 12.0. The number of nitrogens with two attached hydrogens (primary N) is 1. The maximum absolute atomic E-state index is 12.2. The van der Waals surface area contributed by atoms with Gasteiger partial charge in [0, 0.05) is 25.2 Å². The Balaban J connectivity index is 1.77. The fourth-order valence-corrected chi connectivity index (χ4v) is 2.61. The van der Waals surface area contributed by atoms with E-state index in [9.17, 15) is 9.59 Å². The molecule has 1 aromatic rings. The summed E-state index contributed by atoms with van der Waals surface area (Å²) in [6.45, 7) is 1.41. The van der Waals surface area contributed by atoms with Crippen molar-refractivity contribution in [1.82, 2.24) is 9.88 Å². The van der Waals surface area contributed by atoms with Crippen LogP contribution < -0.4 is 5.73 Å². The number of anilines is 1. The third-order valence-electron chi connectivity index (χ3n) is 3.91. The smallest absolute Gasteiger partial charge is 0.303 e. The van der Waals surface area contributed by atoms with Gasteiger partial charge in [0.25, 0.3) is 0 Å². The predicted octanol–water partition coefficient (Wildman–Crippen LogP) is 1.31. The molecule has 0 spiro atoms. The van der Waals surface area contributed by atoms with Crippen molar-refractivity contribution in [2.75, 3.05) is 18.8 Å². The quantitative estimate of drug-likeness (QED) is 0.852. The summed E-state index contributed by atoms with van der Waals surface area (Å²) in [5, 5.41) is 8.69. The molecule has 1 aliphatic rings.